The van der Waals surface area contributed by atoms with Gasteiger partial charge in [-0.15, -0.1) is 11.3 Å². The van der Waals surface area contributed by atoms with Crippen LogP contribution < -0.4 is 0 Å². The van der Waals surface area contributed by atoms with E-state index in [1.165, 1.54) is 17.6 Å². The van der Waals surface area contributed by atoms with Gasteiger partial charge in [0.2, 0.25) is 0 Å². The van der Waals surface area contributed by atoms with Gasteiger partial charge in [0.25, 0.3) is 5.91 Å². The third kappa shape index (κ3) is 4.01. The van der Waals surface area contributed by atoms with Crippen molar-refractivity contribution in [1.82, 2.24) is 4.90 Å². The number of alkyl halides is 3. The van der Waals surface area contributed by atoms with Crippen LogP contribution in [0.4, 0.5) is 13.2 Å². The lowest BCUT2D eigenvalue weighted by molar-refractivity contribution is -0.142. The molecule has 2 heterocycles. The molecule has 1 aliphatic rings. The van der Waals surface area contributed by atoms with E-state index in [9.17, 15) is 18.0 Å². The van der Waals surface area contributed by atoms with E-state index >= 15 is 0 Å². The quantitative estimate of drug-likeness (QED) is 0.797. The molecule has 2 aromatic rings. The molecule has 0 fully saturated rings. The fraction of sp³-hybridized carbons (Fsp3) is 0.471. The highest BCUT2D eigenvalue weighted by molar-refractivity contribution is 7.14. The van der Waals surface area contributed by atoms with Crippen LogP contribution in [0.2, 0.25) is 0 Å². The smallest absolute Gasteiger partial charge is 0.406 e. The molecule has 0 N–H and O–H groups in total. The average molecular weight is 357 g/mol. The van der Waals surface area contributed by atoms with Crippen molar-refractivity contribution >= 4 is 17.2 Å². The number of carbonyl (C=O) groups excluding carboxylic acids is 1. The number of hydrogen-bond acceptors (Lipinski definition) is 3. The minimum absolute atomic E-state index is 0.190. The molecular weight excluding hydrogens is 339 g/mol. The third-order valence-electron chi connectivity index (χ3n) is 4.12. The predicted octanol–water partition coefficient (Wildman–Crippen LogP) is 4.67. The van der Waals surface area contributed by atoms with Crippen molar-refractivity contribution in [1.29, 1.82) is 0 Å². The molecule has 0 aliphatic heterocycles. The van der Waals surface area contributed by atoms with Crippen LogP contribution in [-0.4, -0.2) is 23.5 Å². The number of furan rings is 1. The van der Waals surface area contributed by atoms with E-state index in [-0.39, 0.29) is 6.54 Å². The second-order valence-electron chi connectivity index (χ2n) is 6.26. The fourth-order valence-electron chi connectivity index (χ4n) is 2.97. The van der Waals surface area contributed by atoms with Crippen molar-refractivity contribution in [2.24, 2.45) is 5.92 Å². The Labute approximate surface area is 142 Å². The first-order chi connectivity index (χ1) is 11.3. The standard InChI is InChI=1S/C17H18F3NO2S/c1-11-4-5-14-12(7-11)8-15(24-14)16(22)21(10-17(18,19)20)9-13-3-2-6-23-13/h2-3,6,8,11H,4-5,7,9-10H2,1H3. The molecule has 0 saturated carbocycles. The molecule has 0 saturated heterocycles. The number of carbonyl (C=O) groups is 1. The van der Waals surface area contributed by atoms with Gasteiger partial charge in [0.1, 0.15) is 12.3 Å². The zero-order chi connectivity index (χ0) is 17.3. The minimum Gasteiger partial charge on any atom is -0.467 e. The van der Waals surface area contributed by atoms with Gasteiger partial charge in [-0.05, 0) is 48.9 Å². The minimum atomic E-state index is -4.45. The number of rotatable bonds is 4. The van der Waals surface area contributed by atoms with Gasteiger partial charge in [-0.2, -0.15) is 13.2 Å². The van der Waals surface area contributed by atoms with Crippen LogP contribution in [0.3, 0.4) is 0 Å². The summed E-state index contributed by atoms with van der Waals surface area (Å²) in [5.41, 5.74) is 1.10. The van der Waals surface area contributed by atoms with Crippen molar-refractivity contribution in [2.45, 2.75) is 38.9 Å². The fourth-order valence-corrected chi connectivity index (χ4v) is 4.15. The third-order valence-corrected chi connectivity index (χ3v) is 5.35. The zero-order valence-electron chi connectivity index (χ0n) is 13.2. The summed E-state index contributed by atoms with van der Waals surface area (Å²) in [5.74, 6) is 0.294. The van der Waals surface area contributed by atoms with Crippen LogP contribution in [0.15, 0.2) is 28.9 Å². The number of hydrogen-bond donors (Lipinski definition) is 0. The Bertz CT molecular complexity index is 706. The van der Waals surface area contributed by atoms with Crippen LogP contribution in [0, 0.1) is 5.92 Å². The highest BCUT2D eigenvalue weighted by atomic mass is 32.1. The van der Waals surface area contributed by atoms with Crippen LogP contribution in [0.1, 0.15) is 39.2 Å². The first-order valence-electron chi connectivity index (χ1n) is 7.82. The molecule has 1 atom stereocenters. The Hall–Kier alpha value is -1.76. The van der Waals surface area contributed by atoms with Crippen molar-refractivity contribution in [3.05, 3.63) is 45.5 Å². The highest BCUT2D eigenvalue weighted by Crippen LogP contribution is 2.33. The SMILES string of the molecule is CC1CCc2sc(C(=O)N(Cc3ccco3)CC(F)(F)F)cc2C1. The maximum absolute atomic E-state index is 12.9. The topological polar surface area (TPSA) is 33.5 Å². The van der Waals surface area contributed by atoms with Crippen molar-refractivity contribution < 1.29 is 22.4 Å². The van der Waals surface area contributed by atoms with Gasteiger partial charge in [-0.1, -0.05) is 6.92 Å². The molecule has 3 nitrogen and oxygen atoms in total. The molecule has 2 aromatic heterocycles. The molecule has 0 radical (unpaired) electrons. The summed E-state index contributed by atoms with van der Waals surface area (Å²) in [4.78, 5) is 15.0. The van der Waals surface area contributed by atoms with Gasteiger partial charge < -0.3 is 9.32 Å². The maximum Gasteiger partial charge on any atom is 0.406 e. The molecule has 0 aromatic carbocycles. The number of aryl methyl sites for hydroxylation is 1. The van der Waals surface area contributed by atoms with E-state index < -0.39 is 18.6 Å². The normalized spacial score (nSPS) is 17.6. The van der Waals surface area contributed by atoms with Crippen molar-refractivity contribution in [2.75, 3.05) is 6.54 Å². The van der Waals surface area contributed by atoms with Gasteiger partial charge in [0.05, 0.1) is 17.7 Å². The van der Waals surface area contributed by atoms with E-state index in [1.54, 1.807) is 18.2 Å². The molecule has 1 aliphatic carbocycles. The summed E-state index contributed by atoms with van der Waals surface area (Å²) in [6.45, 7) is 0.671. The lowest BCUT2D eigenvalue weighted by Gasteiger charge is -2.22. The van der Waals surface area contributed by atoms with E-state index in [0.29, 0.717) is 16.6 Å². The molecule has 7 heteroatoms. The van der Waals surface area contributed by atoms with Crippen LogP contribution in [0.5, 0.6) is 0 Å². The second kappa shape index (κ2) is 6.63. The highest BCUT2D eigenvalue weighted by Gasteiger charge is 2.34. The van der Waals surface area contributed by atoms with Gasteiger partial charge in [0, 0.05) is 4.88 Å². The molecule has 1 unspecified atom stereocenters. The zero-order valence-corrected chi connectivity index (χ0v) is 14.0. The Morgan fingerprint density at radius 3 is 2.92 bits per heavy atom. The lowest BCUT2D eigenvalue weighted by atomic mass is 9.90. The molecule has 1 amide bonds. The van der Waals surface area contributed by atoms with Gasteiger partial charge in [-0.25, -0.2) is 0 Å². The lowest BCUT2D eigenvalue weighted by Crippen LogP contribution is -2.38. The first kappa shape index (κ1) is 17.1. The van der Waals surface area contributed by atoms with Crippen molar-refractivity contribution in [3.8, 4) is 0 Å². The summed E-state index contributed by atoms with van der Waals surface area (Å²) in [6, 6.07) is 4.93. The number of fused-ring (bicyclic) bond motifs is 1. The molecule has 24 heavy (non-hydrogen) atoms. The molecule has 3 rings (SSSR count). The Morgan fingerprint density at radius 1 is 1.46 bits per heavy atom. The number of halogens is 3. The average Bonchev–Trinajstić information content (AvgIpc) is 3.12. The molecule has 0 bridgehead atoms. The monoisotopic (exact) mass is 357 g/mol. The summed E-state index contributed by atoms with van der Waals surface area (Å²) in [5, 5.41) is 0. The number of nitrogens with zero attached hydrogens (tertiary/aromatic N) is 1. The van der Waals surface area contributed by atoms with E-state index in [2.05, 4.69) is 6.92 Å². The Balaban J connectivity index is 1.82. The predicted molar refractivity (Wildman–Crippen MR) is 85.0 cm³/mol. The van der Waals surface area contributed by atoms with E-state index in [4.69, 9.17) is 4.42 Å². The summed E-state index contributed by atoms with van der Waals surface area (Å²) >= 11 is 1.32. The van der Waals surface area contributed by atoms with Gasteiger partial charge in [0.15, 0.2) is 0 Å². The van der Waals surface area contributed by atoms with Crippen molar-refractivity contribution in [3.63, 3.8) is 0 Å². The maximum atomic E-state index is 12.9. The number of amides is 1. The van der Waals surface area contributed by atoms with Crippen LogP contribution >= 0.6 is 11.3 Å². The summed E-state index contributed by atoms with van der Waals surface area (Å²) < 4.78 is 43.7. The summed E-state index contributed by atoms with van der Waals surface area (Å²) in [7, 11) is 0. The van der Waals surface area contributed by atoms with E-state index in [1.807, 2.05) is 0 Å². The first-order valence-corrected chi connectivity index (χ1v) is 8.63. The van der Waals surface area contributed by atoms with Gasteiger partial charge >= 0.3 is 6.18 Å². The van der Waals surface area contributed by atoms with E-state index in [0.717, 1.165) is 34.6 Å². The van der Waals surface area contributed by atoms with Crippen LogP contribution in [0.25, 0.3) is 0 Å². The summed E-state index contributed by atoms with van der Waals surface area (Å²) in [6.07, 6.45) is -0.229. The Kier molecular flexibility index (Phi) is 4.71. The largest absolute Gasteiger partial charge is 0.467 e. The molecule has 130 valence electrons. The Morgan fingerprint density at radius 2 is 2.25 bits per heavy atom. The molecule has 0 spiro atoms. The second-order valence-corrected chi connectivity index (χ2v) is 7.40. The molecular formula is C17H18F3NO2S. The van der Waals surface area contributed by atoms with Crippen LogP contribution in [-0.2, 0) is 19.4 Å². The van der Waals surface area contributed by atoms with Gasteiger partial charge in [-0.3, -0.25) is 4.79 Å². The number of thiophene rings is 1.